The van der Waals surface area contributed by atoms with Gasteiger partial charge in [0.2, 0.25) is 0 Å². The van der Waals surface area contributed by atoms with Crippen LogP contribution in [-0.4, -0.2) is 19.7 Å². The number of hydrogen-bond acceptors (Lipinski definition) is 2. The fraction of sp³-hybridized carbons (Fsp3) is 0.600. The summed E-state index contributed by atoms with van der Waals surface area (Å²) >= 11 is 0. The van der Waals surface area contributed by atoms with Crippen LogP contribution < -0.4 is 10.1 Å². The van der Waals surface area contributed by atoms with Crippen LogP contribution in [0.1, 0.15) is 33.1 Å². The number of hydrogen-bond donors (Lipinski definition) is 1. The molecule has 1 aromatic carbocycles. The third kappa shape index (κ3) is 5.22. The first kappa shape index (κ1) is 14.0. The summed E-state index contributed by atoms with van der Waals surface area (Å²) in [6, 6.07) is 10.7. The van der Waals surface area contributed by atoms with Crippen molar-refractivity contribution in [2.75, 3.05) is 13.7 Å². The van der Waals surface area contributed by atoms with Crippen LogP contribution in [0, 0.1) is 5.92 Å². The molecule has 0 aliphatic heterocycles. The predicted molar refractivity (Wildman–Crippen MR) is 73.5 cm³/mol. The summed E-state index contributed by atoms with van der Waals surface area (Å²) in [6.45, 7) is 5.36. The molecule has 1 N–H and O–H groups in total. The summed E-state index contributed by atoms with van der Waals surface area (Å²) < 4.78 is 5.68. The van der Waals surface area contributed by atoms with E-state index < -0.39 is 0 Å². The monoisotopic (exact) mass is 235 g/mol. The van der Waals surface area contributed by atoms with Gasteiger partial charge < -0.3 is 10.1 Å². The van der Waals surface area contributed by atoms with Crippen molar-refractivity contribution in [3.8, 4) is 5.75 Å². The van der Waals surface area contributed by atoms with Crippen molar-refractivity contribution in [2.45, 2.75) is 39.2 Å². The van der Waals surface area contributed by atoms with E-state index in [9.17, 15) is 0 Å². The van der Waals surface area contributed by atoms with E-state index in [1.54, 1.807) is 0 Å². The zero-order valence-corrected chi connectivity index (χ0v) is 11.3. The molecule has 2 atom stereocenters. The van der Waals surface area contributed by atoms with E-state index in [-0.39, 0.29) is 0 Å². The van der Waals surface area contributed by atoms with Crippen LogP contribution in [0.25, 0.3) is 0 Å². The minimum Gasteiger partial charge on any atom is -0.494 e. The normalized spacial score (nSPS) is 14.3. The van der Waals surface area contributed by atoms with E-state index in [4.69, 9.17) is 4.74 Å². The van der Waals surface area contributed by atoms with Crippen LogP contribution in [0.2, 0.25) is 0 Å². The highest BCUT2D eigenvalue weighted by Gasteiger charge is 2.12. The molecule has 0 fully saturated rings. The molecule has 0 saturated carbocycles. The summed E-state index contributed by atoms with van der Waals surface area (Å²) in [7, 11) is 2.05. The summed E-state index contributed by atoms with van der Waals surface area (Å²) in [6.07, 6.45) is 3.53. The van der Waals surface area contributed by atoms with Gasteiger partial charge in [-0.2, -0.15) is 0 Å². The molecular formula is C15H25NO. The first-order chi connectivity index (χ1) is 8.27. The van der Waals surface area contributed by atoms with Gasteiger partial charge in [0.1, 0.15) is 5.75 Å². The predicted octanol–water partition coefficient (Wildman–Crippen LogP) is 3.48. The SMILES string of the molecule is CCC(NC)C(C)CCCOc1ccccc1. The van der Waals surface area contributed by atoms with Crippen molar-refractivity contribution < 1.29 is 4.74 Å². The molecule has 96 valence electrons. The van der Waals surface area contributed by atoms with Crippen molar-refractivity contribution in [3.63, 3.8) is 0 Å². The van der Waals surface area contributed by atoms with Crippen molar-refractivity contribution in [2.24, 2.45) is 5.92 Å². The molecule has 0 heterocycles. The molecular weight excluding hydrogens is 210 g/mol. The molecule has 2 heteroatoms. The van der Waals surface area contributed by atoms with E-state index in [1.807, 2.05) is 37.4 Å². The van der Waals surface area contributed by atoms with Crippen molar-refractivity contribution in [1.82, 2.24) is 5.32 Å². The second-order valence-electron chi connectivity index (χ2n) is 4.58. The summed E-state index contributed by atoms with van der Waals surface area (Å²) in [5.41, 5.74) is 0. The largest absolute Gasteiger partial charge is 0.494 e. The molecule has 2 unspecified atom stereocenters. The molecule has 1 aromatic rings. The number of ether oxygens (including phenoxy) is 1. The van der Waals surface area contributed by atoms with Gasteiger partial charge in [0, 0.05) is 6.04 Å². The molecule has 0 bridgehead atoms. The lowest BCUT2D eigenvalue weighted by Crippen LogP contribution is -2.31. The zero-order chi connectivity index (χ0) is 12.5. The van der Waals surface area contributed by atoms with Gasteiger partial charge in [-0.15, -0.1) is 0 Å². The van der Waals surface area contributed by atoms with Gasteiger partial charge in [-0.25, -0.2) is 0 Å². The van der Waals surface area contributed by atoms with Crippen molar-refractivity contribution in [3.05, 3.63) is 30.3 Å². The van der Waals surface area contributed by atoms with Gasteiger partial charge in [-0.05, 0) is 44.4 Å². The van der Waals surface area contributed by atoms with E-state index in [0.717, 1.165) is 18.8 Å². The average molecular weight is 235 g/mol. The molecule has 0 aliphatic carbocycles. The Hall–Kier alpha value is -1.02. The van der Waals surface area contributed by atoms with Gasteiger partial charge >= 0.3 is 0 Å². The van der Waals surface area contributed by atoms with E-state index in [2.05, 4.69) is 19.2 Å². The van der Waals surface area contributed by atoms with Crippen molar-refractivity contribution in [1.29, 1.82) is 0 Å². The Morgan fingerprint density at radius 1 is 1.24 bits per heavy atom. The maximum atomic E-state index is 5.68. The molecule has 0 radical (unpaired) electrons. The van der Waals surface area contributed by atoms with Crippen LogP contribution in [0.5, 0.6) is 5.75 Å². The molecule has 0 saturated heterocycles. The average Bonchev–Trinajstić information content (AvgIpc) is 2.37. The van der Waals surface area contributed by atoms with Gasteiger partial charge in [-0.3, -0.25) is 0 Å². The Balaban J connectivity index is 2.16. The Morgan fingerprint density at radius 3 is 2.53 bits per heavy atom. The van der Waals surface area contributed by atoms with Gasteiger partial charge in [0.25, 0.3) is 0 Å². The molecule has 0 aliphatic rings. The van der Waals surface area contributed by atoms with Crippen LogP contribution in [0.15, 0.2) is 30.3 Å². The van der Waals surface area contributed by atoms with Crippen LogP contribution in [0.3, 0.4) is 0 Å². The maximum Gasteiger partial charge on any atom is 0.119 e. The van der Waals surface area contributed by atoms with Gasteiger partial charge in [0.05, 0.1) is 6.61 Å². The van der Waals surface area contributed by atoms with Gasteiger partial charge in [-0.1, -0.05) is 32.0 Å². The zero-order valence-electron chi connectivity index (χ0n) is 11.3. The molecule has 0 aromatic heterocycles. The fourth-order valence-corrected chi connectivity index (χ4v) is 2.20. The second-order valence-corrected chi connectivity index (χ2v) is 4.58. The van der Waals surface area contributed by atoms with Crippen LogP contribution >= 0.6 is 0 Å². The highest BCUT2D eigenvalue weighted by atomic mass is 16.5. The third-order valence-electron chi connectivity index (χ3n) is 3.31. The lowest BCUT2D eigenvalue weighted by Gasteiger charge is -2.22. The summed E-state index contributed by atoms with van der Waals surface area (Å²) in [5, 5.41) is 3.37. The Labute approximate surface area is 105 Å². The topological polar surface area (TPSA) is 21.3 Å². The van der Waals surface area contributed by atoms with Crippen LogP contribution in [-0.2, 0) is 0 Å². The second kappa shape index (κ2) is 8.13. The summed E-state index contributed by atoms with van der Waals surface area (Å²) in [5.74, 6) is 1.69. The molecule has 1 rings (SSSR count). The molecule has 0 spiro atoms. The van der Waals surface area contributed by atoms with E-state index in [1.165, 1.54) is 12.8 Å². The molecule has 17 heavy (non-hydrogen) atoms. The molecule has 2 nitrogen and oxygen atoms in total. The fourth-order valence-electron chi connectivity index (χ4n) is 2.20. The smallest absolute Gasteiger partial charge is 0.119 e. The molecule has 0 amide bonds. The van der Waals surface area contributed by atoms with E-state index in [0.29, 0.717) is 12.0 Å². The van der Waals surface area contributed by atoms with Crippen molar-refractivity contribution >= 4 is 0 Å². The minimum absolute atomic E-state index is 0.631. The first-order valence-electron chi connectivity index (χ1n) is 6.63. The van der Waals surface area contributed by atoms with Gasteiger partial charge in [0.15, 0.2) is 0 Å². The van der Waals surface area contributed by atoms with Crippen LogP contribution in [0.4, 0.5) is 0 Å². The number of rotatable bonds is 8. The number of nitrogens with one attached hydrogen (secondary N) is 1. The van der Waals surface area contributed by atoms with E-state index >= 15 is 0 Å². The lowest BCUT2D eigenvalue weighted by molar-refractivity contribution is 0.278. The maximum absolute atomic E-state index is 5.68. The number of para-hydroxylation sites is 1. The minimum atomic E-state index is 0.631. The Morgan fingerprint density at radius 2 is 1.94 bits per heavy atom. The number of benzene rings is 1. The standard InChI is InChI=1S/C15H25NO/c1-4-15(16-3)13(2)9-8-12-17-14-10-6-5-7-11-14/h5-7,10-11,13,15-16H,4,8-9,12H2,1-3H3. The summed E-state index contributed by atoms with van der Waals surface area (Å²) in [4.78, 5) is 0. The third-order valence-corrected chi connectivity index (χ3v) is 3.31. The Bertz CT molecular complexity index is 282. The lowest BCUT2D eigenvalue weighted by atomic mass is 9.95. The highest BCUT2D eigenvalue weighted by Crippen LogP contribution is 2.14. The first-order valence-corrected chi connectivity index (χ1v) is 6.63. The highest BCUT2D eigenvalue weighted by molar-refractivity contribution is 5.20. The Kier molecular flexibility index (Phi) is 6.71. The quantitative estimate of drug-likeness (QED) is 0.697.